The Morgan fingerprint density at radius 2 is 2.33 bits per heavy atom. The molecule has 1 aliphatic rings. The average Bonchev–Trinajstić information content (AvgIpc) is 3.03. The first-order chi connectivity index (χ1) is 8.74. The number of rotatable bonds is 3. The molecular formula is C11H10N2O4S. The fraction of sp³-hybridized carbons (Fsp3) is 0.364. The Kier molecular flexibility index (Phi) is 2.83. The molecule has 6 nitrogen and oxygen atoms in total. The SMILES string of the molecule is Cc1occc1-c1nnc(S[C@H]2CCOC2=O)o1. The normalized spacial score (nSPS) is 19.2. The van der Waals surface area contributed by atoms with E-state index in [1.54, 1.807) is 12.3 Å². The van der Waals surface area contributed by atoms with Crippen LogP contribution in [0.4, 0.5) is 0 Å². The van der Waals surface area contributed by atoms with Gasteiger partial charge in [-0.05, 0) is 24.8 Å². The first-order valence-electron chi connectivity index (χ1n) is 5.45. The molecule has 1 saturated heterocycles. The van der Waals surface area contributed by atoms with Crippen LogP contribution in [0.3, 0.4) is 0 Å². The van der Waals surface area contributed by atoms with Crippen LogP contribution in [0.2, 0.25) is 0 Å². The number of hydrogen-bond acceptors (Lipinski definition) is 7. The standard InChI is InChI=1S/C11H10N2O4S/c1-6-7(2-4-15-6)9-12-13-11(17-9)18-8-3-5-16-10(8)14/h2,4,8H,3,5H2,1H3/t8-/m0/s1. The number of hydrogen-bond donors (Lipinski definition) is 0. The van der Waals surface area contributed by atoms with Crippen LogP contribution in [0.15, 0.2) is 26.4 Å². The molecule has 0 saturated carbocycles. The Bertz CT molecular complexity index is 577. The zero-order valence-electron chi connectivity index (χ0n) is 9.58. The lowest BCUT2D eigenvalue weighted by molar-refractivity contribution is -0.137. The Labute approximate surface area is 107 Å². The van der Waals surface area contributed by atoms with E-state index in [-0.39, 0.29) is 11.2 Å². The number of carbonyl (C=O) groups is 1. The van der Waals surface area contributed by atoms with Crippen LogP contribution in [0.25, 0.3) is 11.5 Å². The van der Waals surface area contributed by atoms with E-state index in [0.29, 0.717) is 24.1 Å². The highest BCUT2D eigenvalue weighted by atomic mass is 32.2. The number of aryl methyl sites for hydroxylation is 1. The van der Waals surface area contributed by atoms with Crippen molar-refractivity contribution in [1.82, 2.24) is 10.2 Å². The summed E-state index contributed by atoms with van der Waals surface area (Å²) in [4.78, 5) is 11.3. The van der Waals surface area contributed by atoms with Crippen molar-refractivity contribution in [3.8, 4) is 11.5 Å². The molecule has 0 aliphatic carbocycles. The molecule has 0 aromatic carbocycles. The zero-order chi connectivity index (χ0) is 12.5. The lowest BCUT2D eigenvalue weighted by Crippen LogP contribution is -2.09. The van der Waals surface area contributed by atoms with Gasteiger partial charge in [0.1, 0.15) is 11.0 Å². The van der Waals surface area contributed by atoms with Crippen LogP contribution in [0.1, 0.15) is 12.2 Å². The number of thioether (sulfide) groups is 1. The van der Waals surface area contributed by atoms with Gasteiger partial charge in [-0.15, -0.1) is 10.2 Å². The fourth-order valence-corrected chi connectivity index (χ4v) is 2.52. The van der Waals surface area contributed by atoms with Crippen LogP contribution < -0.4 is 0 Å². The van der Waals surface area contributed by atoms with Crippen molar-refractivity contribution in [2.45, 2.75) is 23.8 Å². The van der Waals surface area contributed by atoms with Gasteiger partial charge >= 0.3 is 5.97 Å². The molecule has 0 radical (unpaired) electrons. The van der Waals surface area contributed by atoms with Crippen molar-refractivity contribution < 1.29 is 18.4 Å². The second-order valence-corrected chi connectivity index (χ2v) is 4.98. The number of furan rings is 1. The quantitative estimate of drug-likeness (QED) is 0.786. The summed E-state index contributed by atoms with van der Waals surface area (Å²) in [5.74, 6) is 0.893. The van der Waals surface area contributed by atoms with Gasteiger partial charge in [-0.25, -0.2) is 0 Å². The van der Waals surface area contributed by atoms with E-state index in [1.807, 2.05) is 6.92 Å². The van der Waals surface area contributed by atoms with Crippen LogP contribution in [-0.4, -0.2) is 28.0 Å². The number of carbonyl (C=O) groups excluding carboxylic acids is 1. The lowest BCUT2D eigenvalue weighted by atomic mass is 10.3. The summed E-state index contributed by atoms with van der Waals surface area (Å²) in [6.45, 7) is 2.28. The molecule has 0 spiro atoms. The maximum absolute atomic E-state index is 11.3. The summed E-state index contributed by atoms with van der Waals surface area (Å²) >= 11 is 1.24. The monoisotopic (exact) mass is 266 g/mol. The maximum atomic E-state index is 11.3. The fourth-order valence-electron chi connectivity index (χ4n) is 1.68. The van der Waals surface area contributed by atoms with E-state index < -0.39 is 0 Å². The largest absolute Gasteiger partial charge is 0.469 e. The van der Waals surface area contributed by atoms with E-state index in [1.165, 1.54) is 11.8 Å². The van der Waals surface area contributed by atoms with Crippen LogP contribution in [0, 0.1) is 6.92 Å². The Morgan fingerprint density at radius 1 is 1.44 bits per heavy atom. The predicted octanol–water partition coefficient (Wildman–Crippen LogP) is 2.05. The van der Waals surface area contributed by atoms with Crippen LogP contribution in [-0.2, 0) is 9.53 Å². The van der Waals surface area contributed by atoms with Gasteiger partial charge < -0.3 is 13.6 Å². The second-order valence-electron chi connectivity index (χ2n) is 3.83. The molecule has 2 aromatic rings. The minimum Gasteiger partial charge on any atom is -0.469 e. The van der Waals surface area contributed by atoms with Gasteiger partial charge in [-0.1, -0.05) is 0 Å². The van der Waals surface area contributed by atoms with Crippen molar-refractivity contribution in [1.29, 1.82) is 0 Å². The molecule has 1 aliphatic heterocycles. The van der Waals surface area contributed by atoms with Crippen LogP contribution in [0.5, 0.6) is 0 Å². The van der Waals surface area contributed by atoms with Crippen molar-refractivity contribution in [3.05, 3.63) is 18.1 Å². The Balaban J connectivity index is 1.78. The van der Waals surface area contributed by atoms with Gasteiger partial charge in [0.25, 0.3) is 11.1 Å². The first-order valence-corrected chi connectivity index (χ1v) is 6.33. The summed E-state index contributed by atoms with van der Waals surface area (Å²) in [6, 6.07) is 1.77. The van der Waals surface area contributed by atoms with Crippen molar-refractivity contribution in [2.75, 3.05) is 6.61 Å². The molecule has 3 rings (SSSR count). The topological polar surface area (TPSA) is 78.4 Å². The summed E-state index contributed by atoms with van der Waals surface area (Å²) in [5.41, 5.74) is 0.767. The lowest BCUT2D eigenvalue weighted by Gasteiger charge is -1.98. The van der Waals surface area contributed by atoms with Gasteiger partial charge in [-0.2, -0.15) is 0 Å². The smallest absolute Gasteiger partial charge is 0.319 e. The van der Waals surface area contributed by atoms with Crippen molar-refractivity contribution in [2.24, 2.45) is 0 Å². The zero-order valence-corrected chi connectivity index (χ0v) is 10.4. The van der Waals surface area contributed by atoms with Gasteiger partial charge in [-0.3, -0.25) is 4.79 Å². The van der Waals surface area contributed by atoms with E-state index in [2.05, 4.69) is 10.2 Å². The Hall–Kier alpha value is -1.76. The van der Waals surface area contributed by atoms with Gasteiger partial charge in [0.15, 0.2) is 0 Å². The summed E-state index contributed by atoms with van der Waals surface area (Å²) < 4.78 is 15.5. The predicted molar refractivity (Wildman–Crippen MR) is 62.0 cm³/mol. The molecule has 7 heteroatoms. The highest BCUT2D eigenvalue weighted by molar-refractivity contribution is 8.00. The highest BCUT2D eigenvalue weighted by Gasteiger charge is 2.29. The number of nitrogens with zero attached hydrogens (tertiary/aromatic N) is 2. The molecule has 0 N–H and O–H groups in total. The molecule has 0 bridgehead atoms. The summed E-state index contributed by atoms with van der Waals surface area (Å²) in [5, 5.41) is 7.97. The second kappa shape index (κ2) is 4.49. The third-order valence-corrected chi connectivity index (χ3v) is 3.71. The number of aromatic nitrogens is 2. The first kappa shape index (κ1) is 11.3. The number of cyclic esters (lactones) is 1. The van der Waals surface area contributed by atoms with E-state index in [0.717, 1.165) is 11.3 Å². The minimum atomic E-state index is -0.247. The molecule has 0 unspecified atom stereocenters. The number of ether oxygens (including phenoxy) is 1. The molecule has 94 valence electrons. The third kappa shape index (κ3) is 2.01. The molecular weight excluding hydrogens is 256 g/mol. The molecule has 2 aromatic heterocycles. The molecule has 0 amide bonds. The number of esters is 1. The van der Waals surface area contributed by atoms with Crippen LogP contribution >= 0.6 is 11.8 Å². The minimum absolute atomic E-state index is 0.223. The Morgan fingerprint density at radius 3 is 3.00 bits per heavy atom. The third-order valence-electron chi connectivity index (χ3n) is 2.63. The summed E-state index contributed by atoms with van der Waals surface area (Å²) in [7, 11) is 0. The summed E-state index contributed by atoms with van der Waals surface area (Å²) in [6.07, 6.45) is 2.24. The van der Waals surface area contributed by atoms with Gasteiger partial charge in [0.05, 0.1) is 18.4 Å². The van der Waals surface area contributed by atoms with E-state index in [4.69, 9.17) is 13.6 Å². The van der Waals surface area contributed by atoms with Gasteiger partial charge in [0.2, 0.25) is 0 Å². The van der Waals surface area contributed by atoms with E-state index >= 15 is 0 Å². The molecule has 1 fully saturated rings. The average molecular weight is 266 g/mol. The van der Waals surface area contributed by atoms with Gasteiger partial charge in [0, 0.05) is 6.42 Å². The molecule has 3 heterocycles. The van der Waals surface area contributed by atoms with E-state index in [9.17, 15) is 4.79 Å². The molecule has 18 heavy (non-hydrogen) atoms. The van der Waals surface area contributed by atoms with Crippen molar-refractivity contribution >= 4 is 17.7 Å². The van der Waals surface area contributed by atoms with Crippen molar-refractivity contribution in [3.63, 3.8) is 0 Å². The highest BCUT2D eigenvalue weighted by Crippen LogP contribution is 2.31. The molecule has 1 atom stereocenters. The maximum Gasteiger partial charge on any atom is 0.319 e.